The van der Waals surface area contributed by atoms with E-state index < -0.39 is 0 Å². The molecule has 0 N–H and O–H groups in total. The molecular formula is C9H6ClNO. The highest BCUT2D eigenvalue weighted by Crippen LogP contribution is 2.18. The lowest BCUT2D eigenvalue weighted by atomic mass is 10.2. The molecule has 0 spiro atoms. The van der Waals surface area contributed by atoms with Crippen molar-refractivity contribution in [2.45, 2.75) is 0 Å². The molecule has 12 heavy (non-hydrogen) atoms. The van der Waals surface area contributed by atoms with E-state index in [0.717, 1.165) is 5.56 Å². The molecule has 0 aliphatic rings. The van der Waals surface area contributed by atoms with Gasteiger partial charge in [-0.3, -0.25) is 0 Å². The van der Waals surface area contributed by atoms with E-state index in [1.807, 2.05) is 12.1 Å². The van der Waals surface area contributed by atoms with Gasteiger partial charge in [-0.25, -0.2) is 4.98 Å². The first-order chi connectivity index (χ1) is 5.86. The molecule has 2 rings (SSSR count). The summed E-state index contributed by atoms with van der Waals surface area (Å²) in [5.41, 5.74) is 0.935. The second kappa shape index (κ2) is 2.99. The minimum atomic E-state index is 0.617. The van der Waals surface area contributed by atoms with Gasteiger partial charge in [0.15, 0.2) is 0 Å². The predicted molar refractivity (Wildman–Crippen MR) is 46.9 cm³/mol. The van der Waals surface area contributed by atoms with E-state index in [-0.39, 0.29) is 0 Å². The van der Waals surface area contributed by atoms with Crippen LogP contribution in [0.4, 0.5) is 0 Å². The predicted octanol–water partition coefficient (Wildman–Crippen LogP) is 3.00. The van der Waals surface area contributed by atoms with Crippen molar-refractivity contribution in [2.24, 2.45) is 0 Å². The fourth-order valence-corrected chi connectivity index (χ4v) is 1.08. The van der Waals surface area contributed by atoms with Gasteiger partial charge in [-0.15, -0.1) is 0 Å². The Bertz CT molecular complexity index is 353. The number of aromatic nitrogens is 1. The Morgan fingerprint density at radius 3 is 2.50 bits per heavy atom. The summed E-state index contributed by atoms with van der Waals surface area (Å²) < 4.78 is 5.11. The molecular weight excluding hydrogens is 174 g/mol. The van der Waals surface area contributed by atoms with Gasteiger partial charge in [-0.2, -0.15) is 0 Å². The molecule has 0 radical (unpaired) electrons. The van der Waals surface area contributed by atoms with Gasteiger partial charge >= 0.3 is 0 Å². The van der Waals surface area contributed by atoms with Crippen LogP contribution in [-0.2, 0) is 0 Å². The summed E-state index contributed by atoms with van der Waals surface area (Å²) in [7, 11) is 0. The number of hydrogen-bond donors (Lipinski definition) is 0. The van der Waals surface area contributed by atoms with Crippen molar-refractivity contribution in [1.82, 2.24) is 4.98 Å². The Balaban J connectivity index is 2.43. The second-order valence-corrected chi connectivity index (χ2v) is 2.78. The van der Waals surface area contributed by atoms with Crippen molar-refractivity contribution in [3.63, 3.8) is 0 Å². The van der Waals surface area contributed by atoms with Gasteiger partial charge in [0.1, 0.15) is 6.26 Å². The zero-order chi connectivity index (χ0) is 8.39. The van der Waals surface area contributed by atoms with Crippen LogP contribution < -0.4 is 0 Å². The zero-order valence-electron chi connectivity index (χ0n) is 6.20. The van der Waals surface area contributed by atoms with Crippen LogP contribution >= 0.6 is 11.6 Å². The molecule has 0 saturated carbocycles. The molecule has 0 atom stereocenters. The molecule has 2 aromatic rings. The molecule has 0 fully saturated rings. The monoisotopic (exact) mass is 179 g/mol. The van der Waals surface area contributed by atoms with Crippen LogP contribution in [0.5, 0.6) is 0 Å². The number of oxazole rings is 1. The highest BCUT2D eigenvalue weighted by molar-refractivity contribution is 6.30. The smallest absolute Gasteiger partial charge is 0.225 e. The van der Waals surface area contributed by atoms with Crippen LogP contribution in [0, 0.1) is 0 Å². The zero-order valence-corrected chi connectivity index (χ0v) is 6.95. The molecule has 1 aromatic carbocycles. The van der Waals surface area contributed by atoms with Crippen LogP contribution in [0.25, 0.3) is 11.5 Å². The van der Waals surface area contributed by atoms with Crippen LogP contribution in [0.3, 0.4) is 0 Å². The Labute approximate surface area is 74.8 Å². The molecule has 0 bridgehead atoms. The van der Waals surface area contributed by atoms with E-state index in [1.54, 1.807) is 24.6 Å². The Kier molecular flexibility index (Phi) is 1.84. The summed E-state index contributed by atoms with van der Waals surface area (Å²) in [4.78, 5) is 4.01. The van der Waals surface area contributed by atoms with Gasteiger partial charge in [0.05, 0.1) is 6.20 Å². The maximum absolute atomic E-state index is 5.72. The first kappa shape index (κ1) is 7.37. The van der Waals surface area contributed by atoms with Crippen molar-refractivity contribution in [3.8, 4) is 11.5 Å². The molecule has 3 heteroatoms. The maximum atomic E-state index is 5.72. The second-order valence-electron chi connectivity index (χ2n) is 2.34. The minimum absolute atomic E-state index is 0.617. The molecule has 2 nitrogen and oxygen atoms in total. The molecule has 60 valence electrons. The number of hydrogen-bond acceptors (Lipinski definition) is 2. The highest BCUT2D eigenvalue weighted by atomic mass is 35.5. The van der Waals surface area contributed by atoms with Gasteiger partial charge < -0.3 is 4.42 Å². The molecule has 1 aromatic heterocycles. The fourth-order valence-electron chi connectivity index (χ4n) is 0.958. The largest absolute Gasteiger partial charge is 0.445 e. The molecule has 0 amide bonds. The van der Waals surface area contributed by atoms with E-state index in [1.165, 1.54) is 0 Å². The first-order valence-corrected chi connectivity index (χ1v) is 3.89. The molecule has 0 aliphatic carbocycles. The quantitative estimate of drug-likeness (QED) is 0.673. The lowest BCUT2D eigenvalue weighted by molar-refractivity contribution is 0.574. The summed E-state index contributed by atoms with van der Waals surface area (Å²) >= 11 is 5.72. The summed E-state index contributed by atoms with van der Waals surface area (Å²) in [6, 6.07) is 7.35. The lowest BCUT2D eigenvalue weighted by Gasteiger charge is -1.93. The van der Waals surface area contributed by atoms with Crippen LogP contribution in [0.1, 0.15) is 0 Å². The Morgan fingerprint density at radius 1 is 1.17 bits per heavy atom. The van der Waals surface area contributed by atoms with Crippen LogP contribution in [-0.4, -0.2) is 4.98 Å². The summed E-state index contributed by atoms with van der Waals surface area (Å²) in [5.74, 6) is 0.617. The summed E-state index contributed by atoms with van der Waals surface area (Å²) in [6.07, 6.45) is 3.16. The van der Waals surface area contributed by atoms with Crippen molar-refractivity contribution in [3.05, 3.63) is 41.7 Å². The number of benzene rings is 1. The third-order valence-electron chi connectivity index (χ3n) is 1.52. The van der Waals surface area contributed by atoms with E-state index in [2.05, 4.69) is 4.98 Å². The van der Waals surface area contributed by atoms with Crippen molar-refractivity contribution < 1.29 is 4.42 Å². The average Bonchev–Trinajstić information content (AvgIpc) is 2.58. The van der Waals surface area contributed by atoms with Gasteiger partial charge in [-0.05, 0) is 24.3 Å². The van der Waals surface area contributed by atoms with E-state index in [4.69, 9.17) is 16.0 Å². The minimum Gasteiger partial charge on any atom is -0.445 e. The van der Waals surface area contributed by atoms with Crippen molar-refractivity contribution in [2.75, 3.05) is 0 Å². The number of halogens is 1. The molecule has 0 aliphatic heterocycles. The van der Waals surface area contributed by atoms with Crippen LogP contribution in [0.15, 0.2) is 41.1 Å². The third-order valence-corrected chi connectivity index (χ3v) is 1.78. The van der Waals surface area contributed by atoms with Gasteiger partial charge in [0, 0.05) is 10.6 Å². The third kappa shape index (κ3) is 1.34. The lowest BCUT2D eigenvalue weighted by Crippen LogP contribution is -1.74. The van der Waals surface area contributed by atoms with E-state index in [9.17, 15) is 0 Å². The topological polar surface area (TPSA) is 26.0 Å². The first-order valence-electron chi connectivity index (χ1n) is 3.52. The van der Waals surface area contributed by atoms with Gasteiger partial charge in [0.2, 0.25) is 5.89 Å². The molecule has 1 heterocycles. The Morgan fingerprint density at radius 2 is 1.92 bits per heavy atom. The van der Waals surface area contributed by atoms with E-state index >= 15 is 0 Å². The molecule has 0 saturated heterocycles. The van der Waals surface area contributed by atoms with Crippen molar-refractivity contribution >= 4 is 11.6 Å². The standard InChI is InChI=1S/C9H6ClNO/c10-8-3-1-7(2-4-8)9-11-5-6-12-9/h1-6H. The number of rotatable bonds is 1. The summed E-state index contributed by atoms with van der Waals surface area (Å²) in [6.45, 7) is 0. The fraction of sp³-hybridized carbons (Fsp3) is 0. The van der Waals surface area contributed by atoms with Crippen LogP contribution in [0.2, 0.25) is 5.02 Å². The maximum Gasteiger partial charge on any atom is 0.225 e. The highest BCUT2D eigenvalue weighted by Gasteiger charge is 1.99. The normalized spacial score (nSPS) is 10.1. The van der Waals surface area contributed by atoms with Crippen molar-refractivity contribution in [1.29, 1.82) is 0 Å². The Hall–Kier alpha value is -1.28. The SMILES string of the molecule is Clc1ccc(-c2ncco2)cc1. The van der Waals surface area contributed by atoms with Gasteiger partial charge in [0.25, 0.3) is 0 Å². The molecule has 0 unspecified atom stereocenters. The average molecular weight is 180 g/mol. The van der Waals surface area contributed by atoms with Gasteiger partial charge in [-0.1, -0.05) is 11.6 Å². The summed E-state index contributed by atoms with van der Waals surface area (Å²) in [5, 5.41) is 0.713. The number of nitrogens with zero attached hydrogens (tertiary/aromatic N) is 1. The van der Waals surface area contributed by atoms with E-state index in [0.29, 0.717) is 10.9 Å².